The topological polar surface area (TPSA) is 18.5 Å². The van der Waals surface area contributed by atoms with Gasteiger partial charge in [-0.3, -0.25) is 0 Å². The van der Waals surface area contributed by atoms with Crippen LogP contribution < -0.4 is 0 Å². The second-order valence-corrected chi connectivity index (χ2v) is 11.7. The lowest BCUT2D eigenvalue weighted by Gasteiger charge is -2.37. The lowest BCUT2D eigenvalue weighted by molar-refractivity contribution is 0.00381. The van der Waals surface area contributed by atoms with E-state index in [2.05, 4.69) is 54.6 Å². The molecule has 3 heteroatoms. The molecule has 0 bridgehead atoms. The molecule has 1 heterocycles. The van der Waals surface area contributed by atoms with Crippen LogP contribution in [-0.2, 0) is 9.16 Å². The highest BCUT2D eigenvalue weighted by Gasteiger charge is 2.42. The first kappa shape index (κ1) is 13.6. The van der Waals surface area contributed by atoms with Crippen LogP contribution in [0.5, 0.6) is 0 Å². The Morgan fingerprint density at radius 2 is 1.75 bits per heavy atom. The molecule has 1 aliphatic heterocycles. The van der Waals surface area contributed by atoms with Gasteiger partial charge < -0.3 is 9.16 Å². The highest BCUT2D eigenvalue weighted by atomic mass is 28.4. The average molecular weight is 242 g/mol. The summed E-state index contributed by atoms with van der Waals surface area (Å²) in [6.07, 6.45) is 0.969. The van der Waals surface area contributed by atoms with Gasteiger partial charge in [-0.1, -0.05) is 20.8 Å². The van der Waals surface area contributed by atoms with Crippen LogP contribution in [0.2, 0.25) is 18.1 Å². The van der Waals surface area contributed by atoms with Crippen LogP contribution in [-0.4, -0.2) is 13.9 Å². The van der Waals surface area contributed by atoms with Gasteiger partial charge in [0.1, 0.15) is 5.60 Å². The molecule has 0 saturated carbocycles. The molecule has 0 aliphatic carbocycles. The molecule has 94 valence electrons. The van der Waals surface area contributed by atoms with Gasteiger partial charge in [0.25, 0.3) is 14.3 Å². The summed E-state index contributed by atoms with van der Waals surface area (Å²) in [6.45, 7) is 17.6. The fourth-order valence-electron chi connectivity index (χ4n) is 1.58. The Kier molecular flexibility index (Phi) is 3.23. The lowest BCUT2D eigenvalue weighted by atomic mass is 10.0. The second kappa shape index (κ2) is 3.79. The van der Waals surface area contributed by atoms with Gasteiger partial charge in [0.2, 0.25) is 0 Å². The second-order valence-electron chi connectivity index (χ2n) is 6.97. The highest BCUT2D eigenvalue weighted by molar-refractivity contribution is 6.74. The molecular weight excluding hydrogens is 216 g/mol. The van der Waals surface area contributed by atoms with E-state index in [0.717, 1.165) is 12.4 Å². The maximum absolute atomic E-state index is 6.21. The van der Waals surface area contributed by atoms with E-state index in [1.54, 1.807) is 0 Å². The van der Waals surface area contributed by atoms with Crippen LogP contribution in [0.15, 0.2) is 11.5 Å². The Balaban J connectivity index is 2.80. The summed E-state index contributed by atoms with van der Waals surface area (Å²) < 4.78 is 12.1. The highest BCUT2D eigenvalue weighted by Crippen LogP contribution is 2.42. The normalized spacial score (nSPS) is 21.0. The molecule has 0 aromatic carbocycles. The maximum atomic E-state index is 6.21. The van der Waals surface area contributed by atoms with E-state index in [0.29, 0.717) is 0 Å². The van der Waals surface area contributed by atoms with Crippen LogP contribution >= 0.6 is 0 Å². The van der Waals surface area contributed by atoms with Crippen LogP contribution in [0.25, 0.3) is 0 Å². The third-order valence-electron chi connectivity index (χ3n) is 3.56. The van der Waals surface area contributed by atoms with Crippen LogP contribution in [0.4, 0.5) is 0 Å². The molecule has 0 unspecified atom stereocenters. The molecule has 0 saturated heterocycles. The van der Waals surface area contributed by atoms with Gasteiger partial charge in [0, 0.05) is 12.0 Å². The average Bonchev–Trinajstić information content (AvgIpc) is 2.20. The largest absolute Gasteiger partial charge is 0.519 e. The molecule has 0 fully saturated rings. The summed E-state index contributed by atoms with van der Waals surface area (Å²) in [5, 5.41) is 0.219. The summed E-state index contributed by atoms with van der Waals surface area (Å²) in [5.74, 6) is 0.789. The van der Waals surface area contributed by atoms with Crippen molar-refractivity contribution in [1.82, 2.24) is 0 Å². The quantitative estimate of drug-likeness (QED) is 0.667. The monoisotopic (exact) mass is 242 g/mol. The minimum absolute atomic E-state index is 0.0955. The first-order valence-corrected chi connectivity index (χ1v) is 8.93. The van der Waals surface area contributed by atoms with Gasteiger partial charge in [-0.2, -0.15) is 0 Å². The first-order chi connectivity index (χ1) is 6.95. The number of ether oxygens (including phenoxy) is 1. The molecule has 0 aromatic heterocycles. The molecule has 0 radical (unpaired) electrons. The SMILES string of the molecule is CC1=C(O[Si](C)(C)C(C)(C)C)OC(C)(C)C1. The predicted molar refractivity (Wildman–Crippen MR) is 70.8 cm³/mol. The zero-order valence-corrected chi connectivity index (χ0v) is 13.0. The Bertz CT molecular complexity index is 308. The molecule has 1 aliphatic rings. The molecule has 1 rings (SSSR count). The van der Waals surface area contributed by atoms with Gasteiger partial charge in [-0.25, -0.2) is 0 Å². The number of rotatable bonds is 2. The van der Waals surface area contributed by atoms with E-state index in [1.807, 2.05) is 0 Å². The molecule has 0 atom stereocenters. The predicted octanol–water partition coefficient (Wildman–Crippen LogP) is 4.44. The van der Waals surface area contributed by atoms with Gasteiger partial charge in [0.15, 0.2) is 0 Å². The summed E-state index contributed by atoms with van der Waals surface area (Å²) in [5.41, 5.74) is 1.15. The van der Waals surface area contributed by atoms with Gasteiger partial charge in [0.05, 0.1) is 0 Å². The molecule has 0 amide bonds. The van der Waals surface area contributed by atoms with Crippen molar-refractivity contribution < 1.29 is 9.16 Å². The minimum Gasteiger partial charge on any atom is -0.519 e. The Labute approximate surface area is 101 Å². The van der Waals surface area contributed by atoms with Gasteiger partial charge in [-0.05, 0) is 38.9 Å². The first-order valence-electron chi connectivity index (χ1n) is 6.02. The van der Waals surface area contributed by atoms with E-state index in [9.17, 15) is 0 Å². The fraction of sp³-hybridized carbons (Fsp3) is 0.846. The van der Waals surface area contributed by atoms with Crippen molar-refractivity contribution in [3.8, 4) is 0 Å². The van der Waals surface area contributed by atoms with Crippen LogP contribution in [0, 0.1) is 0 Å². The molecular formula is C13H26O2Si. The van der Waals surface area contributed by atoms with Crippen molar-refractivity contribution in [2.24, 2.45) is 0 Å². The van der Waals surface area contributed by atoms with Gasteiger partial charge >= 0.3 is 0 Å². The Morgan fingerprint density at radius 1 is 1.25 bits per heavy atom. The van der Waals surface area contributed by atoms with E-state index >= 15 is 0 Å². The maximum Gasteiger partial charge on any atom is 0.264 e. The summed E-state index contributed by atoms with van der Waals surface area (Å²) in [6, 6.07) is 0. The molecule has 0 N–H and O–H groups in total. The van der Waals surface area contributed by atoms with E-state index in [4.69, 9.17) is 9.16 Å². The Morgan fingerprint density at radius 3 is 2.06 bits per heavy atom. The van der Waals surface area contributed by atoms with Crippen LogP contribution in [0.1, 0.15) is 48.0 Å². The van der Waals surface area contributed by atoms with E-state index in [-0.39, 0.29) is 10.6 Å². The number of hydrogen-bond acceptors (Lipinski definition) is 2. The van der Waals surface area contributed by atoms with Crippen molar-refractivity contribution in [3.05, 3.63) is 11.5 Å². The lowest BCUT2D eigenvalue weighted by Crippen LogP contribution is -2.41. The van der Waals surface area contributed by atoms with E-state index in [1.165, 1.54) is 5.57 Å². The van der Waals surface area contributed by atoms with Crippen molar-refractivity contribution in [3.63, 3.8) is 0 Å². The molecule has 16 heavy (non-hydrogen) atoms. The third-order valence-corrected chi connectivity index (χ3v) is 7.87. The zero-order chi connectivity index (χ0) is 12.8. The summed E-state index contributed by atoms with van der Waals surface area (Å²) >= 11 is 0. The van der Waals surface area contributed by atoms with Crippen molar-refractivity contribution in [2.75, 3.05) is 0 Å². The summed E-state index contributed by atoms with van der Waals surface area (Å²) in [7, 11) is -1.76. The van der Waals surface area contributed by atoms with E-state index < -0.39 is 8.32 Å². The fourth-order valence-corrected chi connectivity index (χ4v) is 2.56. The number of hydrogen-bond donors (Lipinski definition) is 0. The van der Waals surface area contributed by atoms with Gasteiger partial charge in [-0.15, -0.1) is 0 Å². The molecule has 0 aromatic rings. The third kappa shape index (κ3) is 2.81. The zero-order valence-electron chi connectivity index (χ0n) is 12.0. The summed E-state index contributed by atoms with van der Waals surface area (Å²) in [4.78, 5) is 0. The molecule has 0 spiro atoms. The van der Waals surface area contributed by atoms with Crippen molar-refractivity contribution in [2.45, 2.75) is 71.7 Å². The molecule has 2 nitrogen and oxygen atoms in total. The minimum atomic E-state index is -1.76. The smallest absolute Gasteiger partial charge is 0.264 e. The van der Waals surface area contributed by atoms with Crippen molar-refractivity contribution in [1.29, 1.82) is 0 Å². The standard InChI is InChI=1S/C13H26O2Si/c1-10-9-13(5,6)14-11(10)15-16(7,8)12(2,3)4/h9H2,1-8H3. The van der Waals surface area contributed by atoms with Crippen molar-refractivity contribution >= 4 is 8.32 Å². The van der Waals surface area contributed by atoms with Crippen LogP contribution in [0.3, 0.4) is 0 Å². The Hall–Kier alpha value is -0.443.